The van der Waals surface area contributed by atoms with Crippen LogP contribution in [0.2, 0.25) is 0 Å². The van der Waals surface area contributed by atoms with Crippen LogP contribution < -0.4 is 10.5 Å². The minimum absolute atomic E-state index is 0.00740. The summed E-state index contributed by atoms with van der Waals surface area (Å²) in [5.74, 6) is -0.633. The summed E-state index contributed by atoms with van der Waals surface area (Å²) in [6.45, 7) is 0. The van der Waals surface area contributed by atoms with Crippen molar-refractivity contribution < 1.29 is 9.13 Å². The molecular formula is C23H14BrFN4O. The van der Waals surface area contributed by atoms with Gasteiger partial charge < -0.3 is 10.5 Å². The number of rotatable bonds is 2. The van der Waals surface area contributed by atoms with Crippen LogP contribution in [-0.4, -0.2) is 10.2 Å². The summed E-state index contributed by atoms with van der Waals surface area (Å²) in [5, 5.41) is 19.3. The second-order valence-corrected chi connectivity index (χ2v) is 7.83. The lowest BCUT2D eigenvalue weighted by Gasteiger charge is -2.24. The Morgan fingerprint density at radius 2 is 1.90 bits per heavy atom. The predicted octanol–water partition coefficient (Wildman–Crippen LogP) is 5.35. The number of aromatic nitrogens is 2. The Hall–Kier alpha value is -3.63. The van der Waals surface area contributed by atoms with Crippen LogP contribution in [0, 0.1) is 17.1 Å². The van der Waals surface area contributed by atoms with Crippen LogP contribution in [0.5, 0.6) is 5.88 Å². The van der Waals surface area contributed by atoms with E-state index in [9.17, 15) is 9.65 Å². The maximum Gasteiger partial charge on any atom is 0.244 e. The third-order valence-electron chi connectivity index (χ3n) is 5.25. The van der Waals surface area contributed by atoms with Gasteiger partial charge in [-0.25, -0.2) is 4.39 Å². The van der Waals surface area contributed by atoms with E-state index in [1.807, 2.05) is 36.4 Å². The molecule has 4 aromatic rings. The van der Waals surface area contributed by atoms with Crippen molar-refractivity contribution in [3.63, 3.8) is 0 Å². The lowest BCUT2D eigenvalue weighted by Crippen LogP contribution is -2.21. The summed E-state index contributed by atoms with van der Waals surface area (Å²) in [5.41, 5.74) is 9.29. The van der Waals surface area contributed by atoms with Gasteiger partial charge >= 0.3 is 0 Å². The number of nitrogens with one attached hydrogen (secondary N) is 1. The first kappa shape index (κ1) is 18.4. The van der Waals surface area contributed by atoms with E-state index in [1.54, 1.807) is 12.1 Å². The Bertz CT molecular complexity index is 1390. The molecule has 0 bridgehead atoms. The first-order valence-corrected chi connectivity index (χ1v) is 9.96. The van der Waals surface area contributed by atoms with Crippen molar-refractivity contribution in [1.82, 2.24) is 10.2 Å². The van der Waals surface area contributed by atoms with Crippen LogP contribution in [0.4, 0.5) is 4.39 Å². The molecule has 146 valence electrons. The van der Waals surface area contributed by atoms with Crippen molar-refractivity contribution >= 4 is 26.7 Å². The molecule has 3 aromatic carbocycles. The maximum atomic E-state index is 13.9. The van der Waals surface area contributed by atoms with Crippen LogP contribution >= 0.6 is 15.9 Å². The van der Waals surface area contributed by atoms with E-state index in [-0.39, 0.29) is 17.3 Å². The van der Waals surface area contributed by atoms with Gasteiger partial charge in [0.2, 0.25) is 11.8 Å². The summed E-state index contributed by atoms with van der Waals surface area (Å²) < 4.78 is 19.8. The van der Waals surface area contributed by atoms with Crippen LogP contribution in [0.1, 0.15) is 17.0 Å². The number of fused-ring (bicyclic) bond motifs is 2. The molecule has 1 aliphatic rings. The number of allylic oxidation sites excluding steroid dienone is 1. The third kappa shape index (κ3) is 2.85. The quantitative estimate of drug-likeness (QED) is 0.421. The molecule has 1 aliphatic heterocycles. The topological polar surface area (TPSA) is 87.7 Å². The lowest BCUT2D eigenvalue weighted by molar-refractivity contribution is 0.379. The van der Waals surface area contributed by atoms with Gasteiger partial charge in [-0.05, 0) is 50.5 Å². The van der Waals surface area contributed by atoms with Gasteiger partial charge in [-0.2, -0.15) is 5.26 Å². The van der Waals surface area contributed by atoms with Crippen LogP contribution in [0.25, 0.3) is 22.0 Å². The number of nitrogens with two attached hydrogens (primary N) is 1. The molecule has 0 saturated carbocycles. The van der Waals surface area contributed by atoms with Crippen molar-refractivity contribution in [3.05, 3.63) is 93.5 Å². The van der Waals surface area contributed by atoms with E-state index < -0.39 is 5.92 Å². The summed E-state index contributed by atoms with van der Waals surface area (Å²) in [6, 6.07) is 20.9. The van der Waals surface area contributed by atoms with Gasteiger partial charge in [0.05, 0.1) is 21.6 Å². The molecule has 1 atom stereocenters. The molecule has 0 saturated heterocycles. The highest BCUT2D eigenvalue weighted by Gasteiger charge is 2.35. The SMILES string of the molecule is N#CC1=C(N)Oc2n[nH]c(-c3ccc4ccccc4c3)c2C1c1ccc(F)c(Br)c1. The summed E-state index contributed by atoms with van der Waals surface area (Å²) in [6.07, 6.45) is 0. The number of H-pyrrole nitrogens is 1. The van der Waals surface area contributed by atoms with Crippen LogP contribution in [0.3, 0.4) is 0 Å². The highest BCUT2D eigenvalue weighted by molar-refractivity contribution is 9.10. The number of halogens is 2. The first-order valence-electron chi connectivity index (χ1n) is 9.17. The Morgan fingerprint density at radius 1 is 1.10 bits per heavy atom. The molecule has 1 aromatic heterocycles. The number of nitrogens with zero attached hydrogens (tertiary/aromatic N) is 2. The molecule has 5 rings (SSSR count). The van der Waals surface area contributed by atoms with Crippen molar-refractivity contribution in [2.45, 2.75) is 5.92 Å². The number of benzene rings is 3. The highest BCUT2D eigenvalue weighted by atomic mass is 79.9. The fraction of sp³-hybridized carbons (Fsp3) is 0.0435. The van der Waals surface area contributed by atoms with Crippen LogP contribution in [-0.2, 0) is 0 Å². The van der Waals surface area contributed by atoms with E-state index in [0.717, 1.165) is 22.0 Å². The standard InChI is InChI=1S/C23H14BrFN4O/c24-17-10-14(7-8-18(17)25)19-16(11-26)22(27)30-23-20(19)21(28-29-23)15-6-5-12-3-1-2-4-13(12)9-15/h1-10,19H,27H2,(H,28,29). The fourth-order valence-electron chi connectivity index (χ4n) is 3.84. The Balaban J connectivity index is 1.74. The van der Waals surface area contributed by atoms with Gasteiger partial charge in [0.25, 0.3) is 0 Å². The van der Waals surface area contributed by atoms with Gasteiger partial charge in [-0.1, -0.05) is 42.5 Å². The third-order valence-corrected chi connectivity index (χ3v) is 5.86. The van der Waals surface area contributed by atoms with Crippen molar-refractivity contribution in [2.24, 2.45) is 5.73 Å². The van der Waals surface area contributed by atoms with E-state index in [2.05, 4.69) is 38.3 Å². The molecule has 0 aliphatic carbocycles. The highest BCUT2D eigenvalue weighted by Crippen LogP contribution is 2.46. The molecule has 7 heteroatoms. The summed E-state index contributed by atoms with van der Waals surface area (Å²) >= 11 is 3.23. The Morgan fingerprint density at radius 3 is 2.67 bits per heavy atom. The maximum absolute atomic E-state index is 13.9. The van der Waals surface area contributed by atoms with Crippen LogP contribution in [0.15, 0.2) is 76.6 Å². The number of hydrogen-bond acceptors (Lipinski definition) is 4. The molecule has 0 radical (unpaired) electrons. The van der Waals surface area contributed by atoms with Gasteiger partial charge in [0.1, 0.15) is 17.5 Å². The number of hydrogen-bond donors (Lipinski definition) is 2. The zero-order valence-electron chi connectivity index (χ0n) is 15.5. The van der Waals surface area contributed by atoms with E-state index in [4.69, 9.17) is 10.5 Å². The Labute approximate surface area is 179 Å². The predicted molar refractivity (Wildman–Crippen MR) is 115 cm³/mol. The molecule has 2 heterocycles. The number of aromatic amines is 1. The van der Waals surface area contributed by atoms with Gasteiger partial charge in [0.15, 0.2) is 0 Å². The molecule has 0 amide bonds. The van der Waals surface area contributed by atoms with Crippen molar-refractivity contribution in [1.29, 1.82) is 5.26 Å². The minimum atomic E-state index is -0.545. The van der Waals surface area contributed by atoms with Gasteiger partial charge in [-0.15, -0.1) is 5.10 Å². The number of ether oxygens (including phenoxy) is 1. The molecule has 0 spiro atoms. The molecular weight excluding hydrogens is 447 g/mol. The normalized spacial score (nSPS) is 15.6. The first-order chi connectivity index (χ1) is 14.6. The molecule has 1 unspecified atom stereocenters. The summed E-state index contributed by atoms with van der Waals surface area (Å²) in [4.78, 5) is 0. The van der Waals surface area contributed by atoms with E-state index in [0.29, 0.717) is 21.5 Å². The number of nitriles is 1. The zero-order chi connectivity index (χ0) is 20.8. The molecule has 0 fully saturated rings. The Kier molecular flexibility index (Phi) is 4.30. The molecule has 3 N–H and O–H groups in total. The largest absolute Gasteiger partial charge is 0.420 e. The molecule has 5 nitrogen and oxygen atoms in total. The average Bonchev–Trinajstić information content (AvgIpc) is 3.17. The van der Waals surface area contributed by atoms with Gasteiger partial charge in [0, 0.05) is 5.56 Å². The lowest BCUT2D eigenvalue weighted by atomic mass is 9.83. The second kappa shape index (κ2) is 7.01. The summed E-state index contributed by atoms with van der Waals surface area (Å²) in [7, 11) is 0. The van der Waals surface area contributed by atoms with E-state index >= 15 is 0 Å². The van der Waals surface area contributed by atoms with Crippen molar-refractivity contribution in [3.8, 4) is 23.2 Å². The fourth-order valence-corrected chi connectivity index (χ4v) is 4.23. The van der Waals surface area contributed by atoms with Gasteiger partial charge in [-0.3, -0.25) is 5.10 Å². The minimum Gasteiger partial charge on any atom is -0.420 e. The smallest absolute Gasteiger partial charge is 0.244 e. The monoisotopic (exact) mass is 460 g/mol. The molecule has 30 heavy (non-hydrogen) atoms. The zero-order valence-corrected chi connectivity index (χ0v) is 17.1. The van der Waals surface area contributed by atoms with Crippen molar-refractivity contribution in [2.75, 3.05) is 0 Å². The van der Waals surface area contributed by atoms with E-state index in [1.165, 1.54) is 6.07 Å². The average molecular weight is 461 g/mol. The second-order valence-electron chi connectivity index (χ2n) is 6.98.